The Morgan fingerprint density at radius 1 is 1.12 bits per heavy atom. The first-order valence-electron chi connectivity index (χ1n) is 11.0. The Labute approximate surface area is 199 Å². The highest BCUT2D eigenvalue weighted by Crippen LogP contribution is 2.15. The molecule has 0 aliphatic rings. The minimum absolute atomic E-state index is 0.00889. The second-order valence-electron chi connectivity index (χ2n) is 7.71. The fourth-order valence-corrected chi connectivity index (χ4v) is 3.23. The minimum atomic E-state index is -0.995. The van der Waals surface area contributed by atoms with Crippen molar-refractivity contribution in [1.82, 2.24) is 9.78 Å². The number of nitrogens with two attached hydrogens (primary N) is 1. The molecule has 0 bridgehead atoms. The van der Waals surface area contributed by atoms with Crippen LogP contribution < -0.4 is 16.1 Å². The second kappa shape index (κ2) is 12.5. The summed E-state index contributed by atoms with van der Waals surface area (Å²) in [5.41, 5.74) is 3.76. The average molecular weight is 463 g/mol. The summed E-state index contributed by atoms with van der Waals surface area (Å²) in [6.07, 6.45) is -0.246. The number of ketones is 1. The molecule has 3 N–H and O–H groups in total. The molecule has 3 rings (SSSR count). The number of aromatic nitrogens is 2. The van der Waals surface area contributed by atoms with Gasteiger partial charge in [0.15, 0.2) is 11.3 Å². The maximum absolute atomic E-state index is 11.2. The predicted octanol–water partition coefficient (Wildman–Crippen LogP) is 2.47. The van der Waals surface area contributed by atoms with Crippen molar-refractivity contribution in [2.75, 3.05) is 19.8 Å². The normalized spacial score (nSPS) is 12.4. The third-order valence-electron chi connectivity index (χ3n) is 5.25. The molecule has 34 heavy (non-hydrogen) atoms. The molecule has 0 aliphatic carbocycles. The van der Waals surface area contributed by atoms with Gasteiger partial charge in [-0.25, -0.2) is 4.68 Å². The van der Waals surface area contributed by atoms with Gasteiger partial charge < -0.3 is 20.4 Å². The molecule has 1 aromatic heterocycles. The molecule has 0 fully saturated rings. The summed E-state index contributed by atoms with van der Waals surface area (Å²) in [6, 6.07) is 21.5. The van der Waals surface area contributed by atoms with Crippen LogP contribution in [0.4, 0.5) is 0 Å². The van der Waals surface area contributed by atoms with Gasteiger partial charge in [0.05, 0.1) is 18.9 Å². The monoisotopic (exact) mass is 462 g/mol. The van der Waals surface area contributed by atoms with E-state index in [0.717, 1.165) is 29.0 Å². The highest BCUT2D eigenvalue weighted by Gasteiger charge is 2.12. The third-order valence-corrected chi connectivity index (χ3v) is 5.25. The maximum atomic E-state index is 11.2. The van der Waals surface area contributed by atoms with Crippen molar-refractivity contribution in [3.8, 4) is 17.0 Å². The first-order chi connectivity index (χ1) is 16.5. The summed E-state index contributed by atoms with van der Waals surface area (Å²) in [5, 5.41) is 18.3. The highest BCUT2D eigenvalue weighted by molar-refractivity contribution is 5.93. The van der Waals surface area contributed by atoms with Crippen molar-refractivity contribution < 1.29 is 19.4 Å². The fourth-order valence-electron chi connectivity index (χ4n) is 3.23. The topological polar surface area (TPSA) is 112 Å². The van der Waals surface area contributed by atoms with E-state index >= 15 is 0 Å². The summed E-state index contributed by atoms with van der Waals surface area (Å²) in [4.78, 5) is 11.2. The molecule has 1 unspecified atom stereocenters. The lowest BCUT2D eigenvalue weighted by molar-refractivity contribution is -0.114. The molecule has 0 radical (unpaired) electrons. The van der Waals surface area contributed by atoms with E-state index in [9.17, 15) is 9.90 Å². The van der Waals surface area contributed by atoms with Crippen molar-refractivity contribution in [2.45, 2.75) is 26.0 Å². The van der Waals surface area contributed by atoms with Gasteiger partial charge >= 0.3 is 0 Å². The molecule has 3 aromatic rings. The number of aryl methyl sites for hydroxylation is 2. The number of carbonyl (C=O) groups is 1. The van der Waals surface area contributed by atoms with Crippen LogP contribution in [0.5, 0.6) is 5.75 Å². The van der Waals surface area contributed by atoms with Gasteiger partial charge in [-0.15, -0.1) is 0 Å². The molecule has 1 atom stereocenters. The zero-order valence-electron chi connectivity index (χ0n) is 19.3. The van der Waals surface area contributed by atoms with E-state index < -0.39 is 6.10 Å². The van der Waals surface area contributed by atoms with E-state index in [0.29, 0.717) is 18.6 Å². The van der Waals surface area contributed by atoms with Gasteiger partial charge in [-0.1, -0.05) is 49.0 Å². The SMILES string of the molecule is C=C(C(C)=O)C(O)COCCOc1ccc(CCn2nc(-c3ccccc3)ccc2=NN)cc1. The van der Waals surface area contributed by atoms with Crippen molar-refractivity contribution in [1.29, 1.82) is 0 Å². The summed E-state index contributed by atoms with van der Waals surface area (Å²) >= 11 is 0. The molecule has 0 aliphatic heterocycles. The molecular formula is C26H30N4O4. The summed E-state index contributed by atoms with van der Waals surface area (Å²) < 4.78 is 12.8. The maximum Gasteiger partial charge on any atom is 0.168 e. The Morgan fingerprint density at radius 2 is 1.85 bits per heavy atom. The molecule has 0 amide bonds. The van der Waals surface area contributed by atoms with Crippen LogP contribution in [0.15, 0.2) is 84.0 Å². The highest BCUT2D eigenvalue weighted by atomic mass is 16.5. The van der Waals surface area contributed by atoms with Crippen LogP contribution in [0.2, 0.25) is 0 Å². The van der Waals surface area contributed by atoms with E-state index in [-0.39, 0.29) is 24.6 Å². The molecule has 8 nitrogen and oxygen atoms in total. The lowest BCUT2D eigenvalue weighted by Crippen LogP contribution is -2.26. The summed E-state index contributed by atoms with van der Waals surface area (Å²) in [6.45, 7) is 6.15. The van der Waals surface area contributed by atoms with Gasteiger partial charge in [0.25, 0.3) is 0 Å². The molecule has 178 valence electrons. The Balaban J connectivity index is 1.49. The van der Waals surface area contributed by atoms with Gasteiger partial charge in [0, 0.05) is 17.7 Å². The van der Waals surface area contributed by atoms with E-state index in [2.05, 4.69) is 11.7 Å². The number of hydrogen-bond donors (Lipinski definition) is 2. The van der Waals surface area contributed by atoms with Gasteiger partial charge in [-0.2, -0.15) is 10.2 Å². The van der Waals surface area contributed by atoms with Gasteiger partial charge in [-0.05, 0) is 43.2 Å². The van der Waals surface area contributed by atoms with Crippen molar-refractivity contribution >= 4 is 5.78 Å². The number of rotatable bonds is 12. The van der Waals surface area contributed by atoms with Crippen LogP contribution in [0.1, 0.15) is 12.5 Å². The Morgan fingerprint density at radius 3 is 2.53 bits per heavy atom. The van der Waals surface area contributed by atoms with Crippen molar-refractivity contribution in [3.63, 3.8) is 0 Å². The lowest BCUT2D eigenvalue weighted by atomic mass is 10.1. The Kier molecular flexibility index (Phi) is 9.13. The number of carbonyl (C=O) groups excluding carboxylic acids is 1. The Hall–Kier alpha value is -3.75. The first-order valence-corrected chi connectivity index (χ1v) is 11.0. The largest absolute Gasteiger partial charge is 0.491 e. The number of hydrogen-bond acceptors (Lipinski definition) is 7. The molecule has 1 heterocycles. The quantitative estimate of drug-likeness (QED) is 0.185. The molecular weight excluding hydrogens is 432 g/mol. The minimum Gasteiger partial charge on any atom is -0.491 e. The number of nitrogens with zero attached hydrogens (tertiary/aromatic N) is 3. The molecule has 0 saturated heterocycles. The number of ether oxygens (including phenoxy) is 2. The Bertz CT molecular complexity index is 1160. The van der Waals surface area contributed by atoms with Crippen LogP contribution >= 0.6 is 0 Å². The number of aliphatic hydroxyl groups is 1. The van der Waals surface area contributed by atoms with E-state index in [1.807, 2.05) is 66.7 Å². The number of benzene rings is 2. The second-order valence-corrected chi connectivity index (χ2v) is 7.71. The van der Waals surface area contributed by atoms with E-state index in [4.69, 9.17) is 20.4 Å². The zero-order chi connectivity index (χ0) is 24.3. The van der Waals surface area contributed by atoms with E-state index in [1.165, 1.54) is 6.92 Å². The molecule has 0 saturated carbocycles. The van der Waals surface area contributed by atoms with Crippen LogP contribution in [0.25, 0.3) is 11.3 Å². The van der Waals surface area contributed by atoms with Gasteiger partial charge in [0.1, 0.15) is 18.5 Å². The van der Waals surface area contributed by atoms with Gasteiger partial charge in [0.2, 0.25) is 0 Å². The van der Waals surface area contributed by atoms with E-state index in [1.54, 1.807) is 4.68 Å². The zero-order valence-corrected chi connectivity index (χ0v) is 19.3. The van der Waals surface area contributed by atoms with Gasteiger partial charge in [-0.3, -0.25) is 4.79 Å². The molecule has 2 aromatic carbocycles. The predicted molar refractivity (Wildman–Crippen MR) is 130 cm³/mol. The smallest absolute Gasteiger partial charge is 0.168 e. The average Bonchev–Trinajstić information content (AvgIpc) is 2.87. The molecule has 0 spiro atoms. The standard InChI is InChI=1S/C26H30N4O4/c1-19(20(2)31)25(32)18-33-16-17-34-23-10-8-21(9-11-23)14-15-30-26(28-27)13-12-24(29-30)22-6-4-3-5-7-22/h3-13,25,32H,1,14-18,27H2,2H3. The molecule has 8 heteroatoms. The number of Topliss-reactive ketones (excluding diaryl/α,β-unsaturated/α-hetero) is 1. The van der Waals surface area contributed by atoms with Crippen molar-refractivity contribution in [3.05, 3.63) is 89.9 Å². The van der Waals surface area contributed by atoms with Crippen LogP contribution in [-0.4, -0.2) is 46.6 Å². The van der Waals surface area contributed by atoms with Crippen molar-refractivity contribution in [2.24, 2.45) is 10.9 Å². The van der Waals surface area contributed by atoms with Crippen LogP contribution in [-0.2, 0) is 22.5 Å². The summed E-state index contributed by atoms with van der Waals surface area (Å²) in [7, 11) is 0. The lowest BCUT2D eigenvalue weighted by Gasteiger charge is -2.12. The summed E-state index contributed by atoms with van der Waals surface area (Å²) in [5.74, 6) is 6.01. The number of aliphatic hydroxyl groups excluding tert-OH is 1. The third kappa shape index (κ3) is 7.13. The van der Waals surface area contributed by atoms with Crippen LogP contribution in [0, 0.1) is 0 Å². The first kappa shape index (κ1) is 24.9. The van der Waals surface area contributed by atoms with Crippen LogP contribution in [0.3, 0.4) is 0 Å². The fraction of sp³-hybridized carbons (Fsp3) is 0.269.